The first kappa shape index (κ1) is 14.5. The fourth-order valence-electron chi connectivity index (χ4n) is 2.45. The minimum Gasteiger partial charge on any atom is -0.308 e. The van der Waals surface area contributed by atoms with Gasteiger partial charge in [-0.2, -0.15) is 0 Å². The Labute approximate surface area is 137 Å². The molecule has 0 bridgehead atoms. The van der Waals surface area contributed by atoms with Crippen molar-refractivity contribution in [2.75, 3.05) is 7.05 Å². The third-order valence-corrected chi connectivity index (χ3v) is 4.32. The van der Waals surface area contributed by atoms with Crippen LogP contribution in [0, 0.1) is 0 Å². The molecular weight excluding hydrogens is 348 g/mol. The number of hydrogen-bond donors (Lipinski definition) is 1. The summed E-state index contributed by atoms with van der Waals surface area (Å²) < 4.78 is 0.987. The van der Waals surface area contributed by atoms with Crippen LogP contribution in [0.3, 0.4) is 0 Å². The van der Waals surface area contributed by atoms with Gasteiger partial charge in [-0.25, -0.2) is 4.98 Å². The van der Waals surface area contributed by atoms with Crippen LogP contribution in [0.5, 0.6) is 0 Å². The summed E-state index contributed by atoms with van der Waals surface area (Å²) in [6.45, 7) is 0. The number of halogens is 2. The lowest BCUT2D eigenvalue weighted by Gasteiger charge is -2.18. The van der Waals surface area contributed by atoms with Gasteiger partial charge in [0.05, 0.1) is 17.3 Å². The van der Waals surface area contributed by atoms with Crippen molar-refractivity contribution in [3.05, 3.63) is 75.4 Å². The Kier molecular flexibility index (Phi) is 4.24. The van der Waals surface area contributed by atoms with Crippen molar-refractivity contribution in [3.8, 4) is 0 Å². The quantitative estimate of drug-likeness (QED) is 0.713. The molecule has 0 radical (unpaired) electrons. The molecule has 0 aliphatic heterocycles. The molecule has 3 rings (SSSR count). The highest BCUT2D eigenvalue weighted by molar-refractivity contribution is 9.10. The number of rotatable bonds is 3. The molecule has 0 aliphatic carbocycles. The fraction of sp³-hybridized carbons (Fsp3) is 0.118. The molecule has 0 aliphatic rings. The van der Waals surface area contributed by atoms with Gasteiger partial charge in [0.2, 0.25) is 0 Å². The Balaban J connectivity index is 2.14. The van der Waals surface area contributed by atoms with Gasteiger partial charge in [-0.15, -0.1) is 0 Å². The van der Waals surface area contributed by atoms with Crippen molar-refractivity contribution < 1.29 is 0 Å². The number of nitrogens with one attached hydrogen (secondary N) is 1. The highest BCUT2D eigenvalue weighted by atomic mass is 79.9. The highest BCUT2D eigenvalue weighted by Gasteiger charge is 2.17. The van der Waals surface area contributed by atoms with Gasteiger partial charge in [-0.05, 0) is 52.8 Å². The van der Waals surface area contributed by atoms with Crippen LogP contribution in [0.1, 0.15) is 17.3 Å². The highest BCUT2D eigenvalue weighted by Crippen LogP contribution is 2.30. The number of benzene rings is 2. The summed E-state index contributed by atoms with van der Waals surface area (Å²) in [5, 5.41) is 5.16. The van der Waals surface area contributed by atoms with Gasteiger partial charge in [-0.3, -0.25) is 0 Å². The summed E-state index contributed by atoms with van der Waals surface area (Å²) in [6, 6.07) is 18.0. The maximum Gasteiger partial charge on any atom is 0.0767 e. The van der Waals surface area contributed by atoms with Crippen molar-refractivity contribution in [1.29, 1.82) is 0 Å². The van der Waals surface area contributed by atoms with E-state index in [0.717, 1.165) is 31.7 Å². The van der Waals surface area contributed by atoms with Crippen molar-refractivity contribution in [2.24, 2.45) is 0 Å². The first-order valence-electron chi connectivity index (χ1n) is 6.67. The van der Waals surface area contributed by atoms with Crippen LogP contribution in [-0.4, -0.2) is 12.0 Å². The topological polar surface area (TPSA) is 24.9 Å². The molecule has 1 N–H and O–H groups in total. The summed E-state index contributed by atoms with van der Waals surface area (Å²) in [4.78, 5) is 4.80. The number of hydrogen-bond acceptors (Lipinski definition) is 2. The van der Waals surface area contributed by atoms with Crippen LogP contribution < -0.4 is 5.32 Å². The molecule has 0 fully saturated rings. The Bertz CT molecular complexity index is 789. The monoisotopic (exact) mass is 360 g/mol. The van der Waals surface area contributed by atoms with Crippen LogP contribution in [-0.2, 0) is 0 Å². The maximum atomic E-state index is 6.11. The summed E-state index contributed by atoms with van der Waals surface area (Å²) in [6.07, 6.45) is 0. The lowest BCUT2D eigenvalue weighted by Crippen LogP contribution is -2.19. The molecule has 0 saturated heterocycles. The number of pyridine rings is 1. The van der Waals surface area contributed by atoms with Gasteiger partial charge < -0.3 is 5.32 Å². The second-order valence-electron chi connectivity index (χ2n) is 4.82. The largest absolute Gasteiger partial charge is 0.308 e. The maximum absolute atomic E-state index is 6.11. The van der Waals surface area contributed by atoms with E-state index in [2.05, 4.69) is 39.4 Å². The normalized spacial score (nSPS) is 12.5. The number of nitrogens with zero attached hydrogens (tertiary/aromatic N) is 1. The Morgan fingerprint density at radius 1 is 1.10 bits per heavy atom. The van der Waals surface area contributed by atoms with E-state index in [0.29, 0.717) is 0 Å². The van der Waals surface area contributed by atoms with Gasteiger partial charge in [0.1, 0.15) is 0 Å². The number of para-hydroxylation sites is 1. The third kappa shape index (κ3) is 2.95. The second kappa shape index (κ2) is 6.14. The Morgan fingerprint density at radius 3 is 2.67 bits per heavy atom. The average Bonchev–Trinajstić information content (AvgIpc) is 2.48. The zero-order valence-electron chi connectivity index (χ0n) is 11.5. The molecule has 1 unspecified atom stereocenters. The lowest BCUT2D eigenvalue weighted by atomic mass is 10.0. The summed E-state index contributed by atoms with van der Waals surface area (Å²) >= 11 is 9.75. The second-order valence-corrected chi connectivity index (χ2v) is 6.12. The van der Waals surface area contributed by atoms with Crippen molar-refractivity contribution in [2.45, 2.75) is 6.04 Å². The van der Waals surface area contributed by atoms with Gasteiger partial charge in [0.25, 0.3) is 0 Å². The lowest BCUT2D eigenvalue weighted by molar-refractivity contribution is 0.670. The molecule has 0 saturated carbocycles. The van der Waals surface area contributed by atoms with Crippen molar-refractivity contribution in [3.63, 3.8) is 0 Å². The molecule has 1 heterocycles. The molecule has 0 amide bonds. The smallest absolute Gasteiger partial charge is 0.0767 e. The third-order valence-electron chi connectivity index (χ3n) is 3.45. The molecule has 0 spiro atoms. The van der Waals surface area contributed by atoms with Gasteiger partial charge in [-0.1, -0.05) is 41.9 Å². The number of aromatic nitrogens is 1. The molecule has 1 aromatic heterocycles. The molecular formula is C17H14BrClN2. The molecule has 4 heteroatoms. The average molecular weight is 362 g/mol. The van der Waals surface area contributed by atoms with Crippen LogP contribution in [0.2, 0.25) is 5.02 Å². The van der Waals surface area contributed by atoms with Crippen molar-refractivity contribution in [1.82, 2.24) is 10.3 Å². The first-order chi connectivity index (χ1) is 10.2. The fourth-order valence-corrected chi connectivity index (χ4v) is 3.22. The Morgan fingerprint density at radius 2 is 1.90 bits per heavy atom. The van der Waals surface area contributed by atoms with Crippen molar-refractivity contribution >= 4 is 38.4 Å². The van der Waals surface area contributed by atoms with Crippen LogP contribution in [0.4, 0.5) is 0 Å². The van der Waals surface area contributed by atoms with Gasteiger partial charge in [0, 0.05) is 14.9 Å². The zero-order chi connectivity index (χ0) is 14.8. The zero-order valence-corrected chi connectivity index (χ0v) is 13.8. The van der Waals surface area contributed by atoms with E-state index >= 15 is 0 Å². The molecule has 1 atom stereocenters. The molecule has 21 heavy (non-hydrogen) atoms. The molecule has 2 aromatic carbocycles. The van der Waals surface area contributed by atoms with Crippen LogP contribution in [0.15, 0.2) is 59.1 Å². The summed E-state index contributed by atoms with van der Waals surface area (Å²) in [7, 11) is 1.93. The minimum atomic E-state index is -0.0114. The van der Waals surface area contributed by atoms with Gasteiger partial charge >= 0.3 is 0 Å². The minimum absolute atomic E-state index is 0.0114. The molecule has 2 nitrogen and oxygen atoms in total. The first-order valence-corrected chi connectivity index (χ1v) is 7.84. The van der Waals surface area contributed by atoms with Gasteiger partial charge in [0.15, 0.2) is 0 Å². The Hall–Kier alpha value is -1.42. The van der Waals surface area contributed by atoms with Crippen LogP contribution in [0.25, 0.3) is 10.9 Å². The van der Waals surface area contributed by atoms with E-state index in [1.807, 2.05) is 43.4 Å². The summed E-state index contributed by atoms with van der Waals surface area (Å²) in [5.74, 6) is 0. The summed E-state index contributed by atoms with van der Waals surface area (Å²) in [5.41, 5.74) is 3.03. The van der Waals surface area contributed by atoms with E-state index < -0.39 is 0 Å². The molecule has 106 valence electrons. The van der Waals surface area contributed by atoms with E-state index in [-0.39, 0.29) is 6.04 Å². The SMILES string of the molecule is CNC(c1cccc(Cl)c1)c1nc2ccccc2cc1Br. The molecule has 3 aromatic rings. The van der Waals surface area contributed by atoms with E-state index in [4.69, 9.17) is 16.6 Å². The predicted octanol–water partition coefficient (Wildman–Crippen LogP) is 4.96. The van der Waals surface area contributed by atoms with E-state index in [1.165, 1.54) is 0 Å². The predicted molar refractivity (Wildman–Crippen MR) is 91.8 cm³/mol. The van der Waals surface area contributed by atoms with E-state index in [9.17, 15) is 0 Å². The van der Waals surface area contributed by atoms with E-state index in [1.54, 1.807) is 0 Å². The number of fused-ring (bicyclic) bond motifs is 1. The van der Waals surface area contributed by atoms with Crippen LogP contribution >= 0.6 is 27.5 Å². The standard InChI is InChI=1S/C17H14BrClN2/c1-20-16(12-6-4-7-13(19)9-12)17-14(18)10-11-5-2-3-8-15(11)21-17/h2-10,16,20H,1H3.